The maximum Gasteiger partial charge on any atom is 0.411 e. The molecule has 1 aromatic heterocycles. The van der Waals surface area contributed by atoms with Crippen molar-refractivity contribution < 1.29 is 28.5 Å². The second kappa shape index (κ2) is 22.9. The predicted octanol–water partition coefficient (Wildman–Crippen LogP) is 13.6. The minimum Gasteiger partial charge on any atom is -0.493 e. The first-order valence-corrected chi connectivity index (χ1v) is 24.0. The van der Waals surface area contributed by atoms with E-state index in [2.05, 4.69) is 112 Å². The number of para-hydroxylation sites is 3. The van der Waals surface area contributed by atoms with E-state index in [1.54, 1.807) is 6.20 Å². The number of fused-ring (bicyclic) bond motifs is 10. The van der Waals surface area contributed by atoms with Crippen LogP contribution in [0, 0.1) is 0 Å². The molecular weight excluding hydrogens is 833 g/mol. The van der Waals surface area contributed by atoms with Gasteiger partial charge in [-0.25, -0.2) is 9.78 Å². The van der Waals surface area contributed by atoms with Crippen LogP contribution >= 0.6 is 0 Å². The van der Waals surface area contributed by atoms with Crippen LogP contribution in [0.5, 0.6) is 23.0 Å². The largest absolute Gasteiger partial charge is 0.493 e. The van der Waals surface area contributed by atoms with Crippen molar-refractivity contribution in [3.8, 4) is 34.3 Å². The quantitative estimate of drug-likeness (QED) is 0.0974. The van der Waals surface area contributed by atoms with Gasteiger partial charge in [-0.3, -0.25) is 5.32 Å². The summed E-state index contributed by atoms with van der Waals surface area (Å²) in [5.41, 5.74) is 12.9. The second-order valence-electron chi connectivity index (χ2n) is 17.1. The summed E-state index contributed by atoms with van der Waals surface area (Å²) < 4.78 is 32.8. The number of hydrogen-bond acceptors (Lipinski definition) is 7. The predicted molar refractivity (Wildman–Crippen MR) is 270 cm³/mol. The number of carbonyl (C=O) groups excluding carboxylic acids is 1. The Morgan fingerprint density at radius 1 is 0.537 bits per heavy atom. The molecule has 1 heterocycles. The van der Waals surface area contributed by atoms with Gasteiger partial charge in [0.1, 0.15) is 29.6 Å². The molecule has 8 nitrogen and oxygen atoms in total. The Hall–Kier alpha value is -7.06. The minimum absolute atomic E-state index is 0.163. The number of carbonyl (C=O) groups is 1. The van der Waals surface area contributed by atoms with E-state index in [9.17, 15) is 4.79 Å². The van der Waals surface area contributed by atoms with Gasteiger partial charge in [0, 0.05) is 54.0 Å². The van der Waals surface area contributed by atoms with Crippen LogP contribution in [0.2, 0.25) is 0 Å². The van der Waals surface area contributed by atoms with Crippen LogP contribution < -0.4 is 24.3 Å². The fourth-order valence-corrected chi connectivity index (χ4v) is 8.82. The van der Waals surface area contributed by atoms with E-state index < -0.39 is 6.09 Å². The molecule has 0 aliphatic heterocycles. The maximum atomic E-state index is 13.1. The normalized spacial score (nSPS) is 12.2. The Labute approximate surface area is 396 Å². The highest BCUT2D eigenvalue weighted by molar-refractivity contribution is 5.96. The fraction of sp³-hybridized carbons (Fsp3) is 0.288. The minimum atomic E-state index is -0.545. The zero-order chi connectivity index (χ0) is 46.4. The molecular formula is C59H62N2O6. The van der Waals surface area contributed by atoms with Gasteiger partial charge in [0.2, 0.25) is 0 Å². The summed E-state index contributed by atoms with van der Waals surface area (Å²) in [6, 6.07) is 43.7. The molecule has 0 unspecified atom stereocenters. The maximum absolute atomic E-state index is 13.1. The molecule has 344 valence electrons. The van der Waals surface area contributed by atoms with E-state index in [4.69, 9.17) is 28.7 Å². The number of ether oxygens (including phenoxy) is 5. The first-order valence-electron chi connectivity index (χ1n) is 24.0. The second-order valence-corrected chi connectivity index (χ2v) is 17.1. The molecule has 0 spiro atoms. The molecule has 1 N–H and O–H groups in total. The molecule has 67 heavy (non-hydrogen) atoms. The van der Waals surface area contributed by atoms with Crippen LogP contribution in [0.1, 0.15) is 109 Å². The number of rotatable bonds is 17. The molecule has 1 aliphatic carbocycles. The Morgan fingerprint density at radius 2 is 1.00 bits per heavy atom. The van der Waals surface area contributed by atoms with Crippen molar-refractivity contribution in [1.82, 2.24) is 10.3 Å². The van der Waals surface area contributed by atoms with Gasteiger partial charge in [0.25, 0.3) is 0 Å². The van der Waals surface area contributed by atoms with Crippen molar-refractivity contribution in [1.29, 1.82) is 0 Å². The van der Waals surface area contributed by atoms with Crippen molar-refractivity contribution >= 4 is 23.1 Å². The fourth-order valence-electron chi connectivity index (χ4n) is 8.82. The summed E-state index contributed by atoms with van der Waals surface area (Å²) in [5, 5.41) is 3.79. The van der Waals surface area contributed by atoms with Crippen LogP contribution in [0.15, 0.2) is 134 Å². The highest BCUT2D eigenvalue weighted by atomic mass is 16.5. The zero-order valence-corrected chi connectivity index (χ0v) is 39.4. The lowest BCUT2D eigenvalue weighted by Crippen LogP contribution is -2.18. The molecule has 0 saturated carbocycles. The zero-order valence-electron chi connectivity index (χ0n) is 39.4. The number of hydrogen-bond donors (Lipinski definition) is 1. The van der Waals surface area contributed by atoms with Crippen LogP contribution in [0.3, 0.4) is 0 Å². The number of aromatic nitrogens is 1. The highest BCUT2D eigenvalue weighted by Crippen LogP contribution is 2.43. The molecule has 8 heteroatoms. The Balaban J connectivity index is 1.37. The lowest BCUT2D eigenvalue weighted by Gasteiger charge is -2.24. The lowest BCUT2D eigenvalue weighted by atomic mass is 9.88. The average molecular weight is 895 g/mol. The van der Waals surface area contributed by atoms with Crippen LogP contribution in [-0.2, 0) is 37.0 Å². The summed E-state index contributed by atoms with van der Waals surface area (Å²) in [6.07, 6.45) is 8.82. The van der Waals surface area contributed by atoms with Crippen molar-refractivity contribution in [2.24, 2.45) is 0 Å². The Morgan fingerprint density at radius 3 is 1.51 bits per heavy atom. The van der Waals surface area contributed by atoms with Gasteiger partial charge in [-0.15, -0.1) is 0 Å². The number of nitrogens with one attached hydrogen (secondary N) is 1. The van der Waals surface area contributed by atoms with Crippen molar-refractivity contribution in [3.63, 3.8) is 0 Å². The third-order valence-electron chi connectivity index (χ3n) is 11.8. The monoisotopic (exact) mass is 894 g/mol. The van der Waals surface area contributed by atoms with Gasteiger partial charge in [0.05, 0.1) is 37.6 Å². The average Bonchev–Trinajstić information content (AvgIpc) is 3.35. The summed E-state index contributed by atoms with van der Waals surface area (Å²) >= 11 is 0. The van der Waals surface area contributed by atoms with Crippen molar-refractivity contribution in [2.75, 3.05) is 26.4 Å². The molecule has 0 fully saturated rings. The van der Waals surface area contributed by atoms with E-state index in [0.717, 1.165) is 126 Å². The molecule has 1 aliphatic rings. The summed E-state index contributed by atoms with van der Waals surface area (Å²) in [5.74, 6) is 3.51. The number of benzene rings is 6. The van der Waals surface area contributed by atoms with E-state index in [0.29, 0.717) is 52.1 Å². The van der Waals surface area contributed by atoms with Crippen molar-refractivity contribution in [3.05, 3.63) is 189 Å². The molecule has 0 saturated heterocycles. The number of pyridine rings is 1. The summed E-state index contributed by atoms with van der Waals surface area (Å²) in [4.78, 5) is 18.5. The van der Waals surface area contributed by atoms with E-state index in [1.165, 1.54) is 0 Å². The molecule has 0 atom stereocenters. The Kier molecular flexibility index (Phi) is 15.9. The standard InChI is InChI=1S/C59H62N2O6/c1-5-30-63-55-44-22-15-23-45(55)35-47-25-17-27-49(57(47)65-32-7-3)37-51-54-43(28-29-60-59(62)67-40-41-18-11-9-12-19-41)38-52(42-20-13-10-14-21-42)61-53(54)39-50(58(51)66-33-8-4)36-48-26-16-24-46(34-44)56(48)64-31-6-2/h9-29,38-39H,5-8,30-37,40H2,1-4H3,(H,60,62). The first-order chi connectivity index (χ1) is 33.0. The third kappa shape index (κ3) is 11.3. The molecule has 8 bridgehead atoms. The van der Waals surface area contributed by atoms with Gasteiger partial charge in [-0.05, 0) is 88.4 Å². The Bertz CT molecular complexity index is 2800. The number of amides is 1. The van der Waals surface area contributed by atoms with E-state index in [-0.39, 0.29) is 6.61 Å². The van der Waals surface area contributed by atoms with Crippen molar-refractivity contribution in [2.45, 2.75) is 85.7 Å². The molecule has 1 amide bonds. The van der Waals surface area contributed by atoms with E-state index >= 15 is 0 Å². The number of alkyl carbamates (subject to hydrolysis) is 1. The highest BCUT2D eigenvalue weighted by Gasteiger charge is 2.25. The number of nitrogens with zero attached hydrogens (tertiary/aromatic N) is 1. The van der Waals surface area contributed by atoms with Crippen LogP contribution in [0.4, 0.5) is 4.79 Å². The summed E-state index contributed by atoms with van der Waals surface area (Å²) in [7, 11) is 0. The van der Waals surface area contributed by atoms with Gasteiger partial charge < -0.3 is 23.7 Å². The smallest absolute Gasteiger partial charge is 0.411 e. The van der Waals surface area contributed by atoms with Crippen LogP contribution in [-0.4, -0.2) is 37.5 Å². The van der Waals surface area contributed by atoms with Gasteiger partial charge in [-0.2, -0.15) is 0 Å². The first kappa shape index (κ1) is 46.5. The van der Waals surface area contributed by atoms with Gasteiger partial charge in [0.15, 0.2) is 0 Å². The van der Waals surface area contributed by atoms with E-state index in [1.807, 2.05) is 54.6 Å². The van der Waals surface area contributed by atoms with Gasteiger partial charge in [-0.1, -0.05) is 143 Å². The molecule has 7 aromatic rings. The molecule has 8 rings (SSSR count). The summed E-state index contributed by atoms with van der Waals surface area (Å²) in [6.45, 7) is 11.0. The molecule has 0 radical (unpaired) electrons. The van der Waals surface area contributed by atoms with Gasteiger partial charge >= 0.3 is 6.09 Å². The topological polar surface area (TPSA) is 88.1 Å². The molecule has 6 aromatic carbocycles. The third-order valence-corrected chi connectivity index (χ3v) is 11.8. The lowest BCUT2D eigenvalue weighted by molar-refractivity contribution is 0.143. The van der Waals surface area contributed by atoms with Crippen LogP contribution in [0.25, 0.3) is 28.2 Å². The SMILES string of the molecule is CCCOc1c2cccc1Cc1cccc(c1OCCC)Cc1c(OCCC)c(cc3nc(-c4ccccc4)cc(C=CNC(=O)OCc4ccccc4)c13)Cc1cccc(c1OCCC)C2.